The number of amides is 1. The molecule has 0 unspecified atom stereocenters. The van der Waals surface area contributed by atoms with Gasteiger partial charge >= 0.3 is 0 Å². The third-order valence-corrected chi connectivity index (χ3v) is 7.81. The second-order valence-electron chi connectivity index (χ2n) is 7.13. The molecule has 9 heteroatoms. The van der Waals surface area contributed by atoms with Gasteiger partial charge in [0, 0.05) is 0 Å². The number of thioether (sulfide) groups is 1. The van der Waals surface area contributed by atoms with Gasteiger partial charge in [0.1, 0.15) is 0 Å². The Balaban J connectivity index is 1.74. The Morgan fingerprint density at radius 2 is 1.90 bits per heavy atom. The molecule has 0 radical (unpaired) electrons. The zero-order valence-electron chi connectivity index (χ0n) is 15.8. The summed E-state index contributed by atoms with van der Waals surface area (Å²) in [5.41, 5.74) is 0.843. The van der Waals surface area contributed by atoms with Crippen LogP contribution in [-0.2, 0) is 14.6 Å². The maximum absolute atomic E-state index is 12.6. The van der Waals surface area contributed by atoms with Crippen LogP contribution in [0.4, 0.5) is 0 Å². The van der Waals surface area contributed by atoms with Crippen molar-refractivity contribution < 1.29 is 13.2 Å². The van der Waals surface area contributed by atoms with Crippen molar-refractivity contribution >= 4 is 59.7 Å². The van der Waals surface area contributed by atoms with Crippen LogP contribution in [0.2, 0.25) is 0 Å². The molecule has 0 aliphatic carbocycles. The van der Waals surface area contributed by atoms with Gasteiger partial charge in [0.2, 0.25) is 19.4 Å². The van der Waals surface area contributed by atoms with Gasteiger partial charge in [-0.05, 0) is 40.1 Å². The van der Waals surface area contributed by atoms with E-state index in [4.69, 9.17) is 5.41 Å². The number of sulfone groups is 1. The number of carbonyl (C=O) groups is 1. The van der Waals surface area contributed by atoms with E-state index in [0.717, 1.165) is 33.1 Å². The molecule has 1 amide bonds. The van der Waals surface area contributed by atoms with E-state index < -0.39 is 15.7 Å². The summed E-state index contributed by atoms with van der Waals surface area (Å²) < 4.78 is 24.9. The van der Waals surface area contributed by atoms with E-state index in [1.807, 2.05) is 42.5 Å². The normalized spacial score (nSPS) is 18.4. The molecule has 1 N–H and O–H groups in total. The van der Waals surface area contributed by atoms with Crippen LogP contribution in [0.3, 0.4) is 0 Å². The first-order valence-corrected chi connectivity index (χ1v) is 11.4. The Labute approximate surface area is 172 Å². The zero-order chi connectivity index (χ0) is 20.8. The number of nitrogens with zero attached hydrogens (tertiary/aromatic N) is 3. The molecule has 0 atom stereocenters. The predicted octanol–water partition coefficient (Wildman–Crippen LogP) is 3.49. The predicted molar refractivity (Wildman–Crippen MR) is 118 cm³/mol. The van der Waals surface area contributed by atoms with Gasteiger partial charge in [-0.25, -0.2) is 8.42 Å². The lowest BCUT2D eigenvalue weighted by atomic mass is 10.0. The summed E-state index contributed by atoms with van der Waals surface area (Å²) in [6.07, 6.45) is 1.61. The van der Waals surface area contributed by atoms with Crippen molar-refractivity contribution in [1.29, 1.82) is 5.41 Å². The number of hydrazone groups is 1. The molecule has 0 spiro atoms. The quantitative estimate of drug-likeness (QED) is 0.757. The summed E-state index contributed by atoms with van der Waals surface area (Å²) >= 11 is 0.811. The van der Waals surface area contributed by atoms with E-state index in [0.29, 0.717) is 0 Å². The Hall–Kier alpha value is -2.78. The van der Waals surface area contributed by atoms with Gasteiger partial charge in [-0.3, -0.25) is 10.2 Å². The van der Waals surface area contributed by atoms with Crippen LogP contribution in [0.15, 0.2) is 58.1 Å². The molecule has 2 aromatic rings. The summed E-state index contributed by atoms with van der Waals surface area (Å²) in [6.45, 7) is 3.61. The molecule has 2 aliphatic heterocycles. The van der Waals surface area contributed by atoms with Crippen molar-refractivity contribution in [2.45, 2.75) is 13.8 Å². The van der Waals surface area contributed by atoms with Crippen molar-refractivity contribution in [2.75, 3.05) is 5.75 Å². The van der Waals surface area contributed by atoms with Gasteiger partial charge in [0.25, 0.3) is 5.91 Å². The SMILES string of the molecule is CC(C)CS(=O)(=O)C1=NN2C(=N)/C(=C/c3cccc4ccccc34)C(=O)N=C2S1. The van der Waals surface area contributed by atoms with E-state index in [1.54, 1.807) is 19.9 Å². The summed E-state index contributed by atoms with van der Waals surface area (Å²) in [7, 11) is -3.60. The average Bonchev–Trinajstić information content (AvgIpc) is 3.09. The summed E-state index contributed by atoms with van der Waals surface area (Å²) in [5.74, 6) is -0.889. The summed E-state index contributed by atoms with van der Waals surface area (Å²) in [4.78, 5) is 16.6. The maximum Gasteiger partial charge on any atom is 0.283 e. The second kappa shape index (κ2) is 7.23. The average molecular weight is 427 g/mol. The molecule has 0 bridgehead atoms. The smallest absolute Gasteiger partial charge is 0.282 e. The lowest BCUT2D eigenvalue weighted by Crippen LogP contribution is -2.35. The van der Waals surface area contributed by atoms with Gasteiger partial charge in [0.15, 0.2) is 5.84 Å². The van der Waals surface area contributed by atoms with Crippen LogP contribution >= 0.6 is 11.8 Å². The van der Waals surface area contributed by atoms with Crippen molar-refractivity contribution in [3.63, 3.8) is 0 Å². The Bertz CT molecular complexity index is 1240. The molecule has 0 fully saturated rings. The van der Waals surface area contributed by atoms with Gasteiger partial charge in [-0.2, -0.15) is 10.0 Å². The number of rotatable bonds is 3. The number of amidine groups is 2. The van der Waals surface area contributed by atoms with E-state index in [-0.39, 0.29) is 32.6 Å². The van der Waals surface area contributed by atoms with Crippen LogP contribution < -0.4 is 0 Å². The highest BCUT2D eigenvalue weighted by Crippen LogP contribution is 2.31. The fraction of sp³-hybridized carbons (Fsp3) is 0.200. The molecule has 148 valence electrons. The van der Waals surface area contributed by atoms with Crippen molar-refractivity contribution in [2.24, 2.45) is 16.0 Å². The Kier molecular flexibility index (Phi) is 4.87. The molecule has 0 saturated heterocycles. The minimum atomic E-state index is -3.60. The van der Waals surface area contributed by atoms with E-state index in [1.165, 1.54) is 0 Å². The molecule has 7 nitrogen and oxygen atoms in total. The van der Waals surface area contributed by atoms with Crippen molar-refractivity contribution in [1.82, 2.24) is 5.01 Å². The largest absolute Gasteiger partial charge is 0.283 e. The van der Waals surface area contributed by atoms with Gasteiger partial charge < -0.3 is 0 Å². The molecule has 0 saturated carbocycles. The fourth-order valence-electron chi connectivity index (χ4n) is 3.14. The minimum absolute atomic E-state index is 0.0556. The highest BCUT2D eigenvalue weighted by molar-refractivity contribution is 8.42. The van der Waals surface area contributed by atoms with Gasteiger partial charge in [-0.15, -0.1) is 5.10 Å². The van der Waals surface area contributed by atoms with Crippen molar-refractivity contribution in [3.05, 3.63) is 53.6 Å². The van der Waals surface area contributed by atoms with Crippen LogP contribution in [0.25, 0.3) is 16.8 Å². The molecular weight excluding hydrogens is 408 g/mol. The number of benzene rings is 2. The van der Waals surface area contributed by atoms with Crippen molar-refractivity contribution in [3.8, 4) is 0 Å². The molecule has 29 heavy (non-hydrogen) atoms. The fourth-order valence-corrected chi connectivity index (χ4v) is 5.93. The number of hydrogen-bond acceptors (Lipinski definition) is 6. The number of hydrogen-bond donors (Lipinski definition) is 1. The monoisotopic (exact) mass is 426 g/mol. The first-order chi connectivity index (χ1) is 13.8. The molecular formula is C20H18N4O3S2. The standard InChI is InChI=1S/C20H18N4O3S2/c1-12(2)11-29(26,27)20-23-24-17(21)16(18(25)22-19(24)28-20)10-14-8-5-7-13-6-3-4-9-15(13)14/h3-10,12,21H,11H2,1-2H3/b16-10-,21-17?. The number of nitrogens with one attached hydrogen (secondary N) is 1. The highest BCUT2D eigenvalue weighted by Gasteiger charge is 2.39. The highest BCUT2D eigenvalue weighted by atomic mass is 32.3. The summed E-state index contributed by atoms with van der Waals surface area (Å²) in [5, 5.41) is 15.7. The number of fused-ring (bicyclic) bond motifs is 2. The lowest BCUT2D eigenvalue weighted by Gasteiger charge is -2.20. The molecule has 2 aromatic carbocycles. The number of aliphatic imine (C=N–C) groups is 1. The first kappa shape index (κ1) is 19.5. The molecule has 0 aromatic heterocycles. The Morgan fingerprint density at radius 1 is 1.17 bits per heavy atom. The molecule has 2 aliphatic rings. The van der Waals surface area contributed by atoms with E-state index in [9.17, 15) is 13.2 Å². The van der Waals surface area contributed by atoms with Gasteiger partial charge in [-0.1, -0.05) is 56.3 Å². The van der Waals surface area contributed by atoms with E-state index >= 15 is 0 Å². The third-order valence-electron chi connectivity index (χ3n) is 4.38. The Morgan fingerprint density at radius 3 is 2.66 bits per heavy atom. The molecule has 4 rings (SSSR count). The van der Waals surface area contributed by atoms with Crippen LogP contribution in [0.1, 0.15) is 19.4 Å². The zero-order valence-corrected chi connectivity index (χ0v) is 17.4. The lowest BCUT2D eigenvalue weighted by molar-refractivity contribution is -0.114. The van der Waals surface area contributed by atoms with Gasteiger partial charge in [0.05, 0.1) is 11.3 Å². The van der Waals surface area contributed by atoms with Crippen LogP contribution in [0.5, 0.6) is 0 Å². The van der Waals surface area contributed by atoms with Crippen LogP contribution in [0, 0.1) is 11.3 Å². The topological polar surface area (TPSA) is 103 Å². The van der Waals surface area contributed by atoms with E-state index in [2.05, 4.69) is 10.1 Å². The van der Waals surface area contributed by atoms with Crippen LogP contribution in [-0.4, -0.2) is 40.5 Å². The number of carbonyl (C=O) groups excluding carboxylic acids is 1. The summed E-state index contributed by atoms with van der Waals surface area (Å²) in [6, 6.07) is 13.4. The minimum Gasteiger partial charge on any atom is -0.282 e. The first-order valence-electron chi connectivity index (χ1n) is 8.97. The third kappa shape index (κ3) is 3.63. The molecule has 2 heterocycles. The maximum atomic E-state index is 12.6. The second-order valence-corrected chi connectivity index (χ2v) is 10.3.